The lowest BCUT2D eigenvalue weighted by Gasteiger charge is -2.21. The molecule has 0 spiro atoms. The van der Waals surface area contributed by atoms with Gasteiger partial charge in [0.05, 0.1) is 12.0 Å². The number of thiophene rings is 1. The molecule has 0 aromatic carbocycles. The Kier molecular flexibility index (Phi) is 2.56. The molecule has 3 nitrogen and oxygen atoms in total. The molecule has 4 heteroatoms. The molecule has 2 unspecified atom stereocenters. The van der Waals surface area contributed by atoms with Crippen molar-refractivity contribution >= 4 is 17.3 Å². The third kappa shape index (κ3) is 1.55. The van der Waals surface area contributed by atoms with Crippen LogP contribution >= 0.6 is 11.3 Å². The Labute approximate surface area is 87.0 Å². The quantitative estimate of drug-likeness (QED) is 0.811. The fraction of sp³-hybridized carbons (Fsp3) is 0.500. The first-order valence-corrected chi connectivity index (χ1v) is 5.54. The fourth-order valence-corrected chi connectivity index (χ4v) is 3.04. The second-order valence-corrected chi connectivity index (χ2v) is 4.65. The Morgan fingerprint density at radius 1 is 1.71 bits per heavy atom. The average molecular weight is 211 g/mol. The summed E-state index contributed by atoms with van der Waals surface area (Å²) in [5, 5.41) is 11.1. The van der Waals surface area contributed by atoms with Gasteiger partial charge in [0.25, 0.3) is 0 Å². The van der Waals surface area contributed by atoms with Crippen molar-refractivity contribution in [1.82, 2.24) is 4.90 Å². The van der Waals surface area contributed by atoms with E-state index in [-0.39, 0.29) is 12.0 Å². The van der Waals surface area contributed by atoms with Gasteiger partial charge in [0.2, 0.25) is 0 Å². The molecule has 0 bridgehead atoms. The molecule has 2 heterocycles. The maximum Gasteiger partial charge on any atom is 0.308 e. The van der Waals surface area contributed by atoms with Crippen LogP contribution in [-0.2, 0) is 4.79 Å². The van der Waals surface area contributed by atoms with Crippen LogP contribution in [0, 0.1) is 5.92 Å². The molecule has 14 heavy (non-hydrogen) atoms. The zero-order valence-corrected chi connectivity index (χ0v) is 8.83. The molecule has 1 aromatic rings. The van der Waals surface area contributed by atoms with Crippen LogP contribution in [0.15, 0.2) is 17.5 Å². The first-order chi connectivity index (χ1) is 6.70. The summed E-state index contributed by atoms with van der Waals surface area (Å²) in [7, 11) is 1.99. The number of likely N-dealkylation sites (tertiary alicyclic amines) is 1. The highest BCUT2D eigenvalue weighted by molar-refractivity contribution is 7.10. The molecule has 2 atom stereocenters. The summed E-state index contributed by atoms with van der Waals surface area (Å²) in [4.78, 5) is 14.3. The molecule has 0 radical (unpaired) electrons. The number of carboxylic acid groups (broad SMARTS) is 1. The van der Waals surface area contributed by atoms with Gasteiger partial charge in [-0.05, 0) is 31.5 Å². The van der Waals surface area contributed by atoms with Gasteiger partial charge in [-0.2, -0.15) is 0 Å². The van der Waals surface area contributed by atoms with Crippen LogP contribution in [0.1, 0.15) is 17.3 Å². The van der Waals surface area contributed by atoms with Crippen molar-refractivity contribution in [2.45, 2.75) is 12.5 Å². The van der Waals surface area contributed by atoms with E-state index in [0.29, 0.717) is 0 Å². The van der Waals surface area contributed by atoms with Gasteiger partial charge in [0, 0.05) is 4.88 Å². The highest BCUT2D eigenvalue weighted by atomic mass is 32.1. The standard InChI is InChI=1S/C10H13NO2S/c1-11-5-4-7(10(12)13)9(11)8-3-2-6-14-8/h2-3,6-7,9H,4-5H2,1H3,(H,12,13). The number of rotatable bonds is 2. The molecule has 0 saturated carbocycles. The lowest BCUT2D eigenvalue weighted by Crippen LogP contribution is -2.24. The molecule has 1 aliphatic heterocycles. The van der Waals surface area contributed by atoms with Crippen molar-refractivity contribution in [2.24, 2.45) is 5.92 Å². The van der Waals surface area contributed by atoms with Gasteiger partial charge >= 0.3 is 5.97 Å². The second-order valence-electron chi connectivity index (χ2n) is 3.67. The first kappa shape index (κ1) is 9.68. The number of aliphatic carboxylic acids is 1. The van der Waals surface area contributed by atoms with Gasteiger partial charge in [-0.25, -0.2) is 0 Å². The largest absolute Gasteiger partial charge is 0.481 e. The fourth-order valence-electron chi connectivity index (χ4n) is 2.08. The summed E-state index contributed by atoms with van der Waals surface area (Å²) < 4.78 is 0. The highest BCUT2D eigenvalue weighted by Crippen LogP contribution is 2.38. The van der Waals surface area contributed by atoms with Gasteiger partial charge in [0.1, 0.15) is 0 Å². The van der Waals surface area contributed by atoms with E-state index in [1.54, 1.807) is 11.3 Å². The highest BCUT2D eigenvalue weighted by Gasteiger charge is 2.38. The molecule has 1 fully saturated rings. The van der Waals surface area contributed by atoms with Crippen molar-refractivity contribution in [3.8, 4) is 0 Å². The zero-order valence-electron chi connectivity index (χ0n) is 8.01. The van der Waals surface area contributed by atoms with Crippen molar-refractivity contribution in [1.29, 1.82) is 0 Å². The van der Waals surface area contributed by atoms with Crippen LogP contribution in [0.4, 0.5) is 0 Å². The van der Waals surface area contributed by atoms with E-state index in [1.165, 1.54) is 0 Å². The number of carbonyl (C=O) groups is 1. The van der Waals surface area contributed by atoms with E-state index in [1.807, 2.05) is 24.6 Å². The molecule has 76 valence electrons. The number of carboxylic acids is 1. The average Bonchev–Trinajstić information content (AvgIpc) is 2.71. The Morgan fingerprint density at radius 3 is 3.07 bits per heavy atom. The predicted octanol–water partition coefficient (Wildman–Crippen LogP) is 1.83. The molecule has 1 aromatic heterocycles. The minimum absolute atomic E-state index is 0.0764. The summed E-state index contributed by atoms with van der Waals surface area (Å²) in [6, 6.07) is 4.07. The SMILES string of the molecule is CN1CCC(C(=O)O)C1c1cccs1. The summed E-state index contributed by atoms with van der Waals surface area (Å²) in [5.41, 5.74) is 0. The third-order valence-corrected chi connectivity index (χ3v) is 3.74. The Hall–Kier alpha value is -0.870. The van der Waals surface area contributed by atoms with E-state index in [9.17, 15) is 4.79 Å². The minimum Gasteiger partial charge on any atom is -0.481 e. The maximum absolute atomic E-state index is 11.0. The van der Waals surface area contributed by atoms with Crippen molar-refractivity contribution in [3.63, 3.8) is 0 Å². The van der Waals surface area contributed by atoms with Gasteiger partial charge in [0.15, 0.2) is 0 Å². The molecule has 1 N–H and O–H groups in total. The van der Waals surface area contributed by atoms with Crippen LogP contribution in [0.3, 0.4) is 0 Å². The summed E-state index contributed by atoms with van der Waals surface area (Å²) in [5.74, 6) is -0.911. The minimum atomic E-state index is -0.673. The third-order valence-electron chi connectivity index (χ3n) is 2.80. The molecule has 2 rings (SSSR count). The maximum atomic E-state index is 11.0. The monoisotopic (exact) mass is 211 g/mol. The lowest BCUT2D eigenvalue weighted by atomic mass is 9.99. The normalized spacial score (nSPS) is 28.1. The first-order valence-electron chi connectivity index (χ1n) is 4.66. The van der Waals surface area contributed by atoms with Crippen LogP contribution in [0.25, 0.3) is 0 Å². The van der Waals surface area contributed by atoms with Gasteiger partial charge < -0.3 is 5.11 Å². The summed E-state index contributed by atoms with van der Waals surface area (Å²) in [6.07, 6.45) is 0.758. The Morgan fingerprint density at radius 2 is 2.50 bits per heavy atom. The van der Waals surface area contributed by atoms with Gasteiger partial charge in [-0.1, -0.05) is 6.07 Å². The second kappa shape index (κ2) is 3.71. The zero-order chi connectivity index (χ0) is 10.1. The lowest BCUT2D eigenvalue weighted by molar-refractivity contribution is -0.142. The van der Waals surface area contributed by atoms with E-state index in [0.717, 1.165) is 17.8 Å². The molecule has 1 aliphatic rings. The number of hydrogen-bond donors (Lipinski definition) is 1. The number of hydrogen-bond acceptors (Lipinski definition) is 3. The Balaban J connectivity index is 2.26. The van der Waals surface area contributed by atoms with Crippen LogP contribution in [0.5, 0.6) is 0 Å². The van der Waals surface area contributed by atoms with E-state index >= 15 is 0 Å². The van der Waals surface area contributed by atoms with Gasteiger partial charge in [-0.3, -0.25) is 9.69 Å². The van der Waals surface area contributed by atoms with Crippen molar-refractivity contribution < 1.29 is 9.90 Å². The van der Waals surface area contributed by atoms with Crippen LogP contribution in [0.2, 0.25) is 0 Å². The number of nitrogens with zero attached hydrogens (tertiary/aromatic N) is 1. The van der Waals surface area contributed by atoms with E-state index < -0.39 is 5.97 Å². The molecule has 0 amide bonds. The molecule has 0 aliphatic carbocycles. The molecular weight excluding hydrogens is 198 g/mol. The van der Waals surface area contributed by atoms with E-state index in [2.05, 4.69) is 4.90 Å². The Bertz CT molecular complexity index is 323. The molecule has 1 saturated heterocycles. The summed E-state index contributed by atoms with van der Waals surface area (Å²) in [6.45, 7) is 0.875. The topological polar surface area (TPSA) is 40.5 Å². The van der Waals surface area contributed by atoms with Crippen molar-refractivity contribution in [3.05, 3.63) is 22.4 Å². The smallest absolute Gasteiger partial charge is 0.308 e. The van der Waals surface area contributed by atoms with Crippen LogP contribution < -0.4 is 0 Å². The van der Waals surface area contributed by atoms with Crippen molar-refractivity contribution in [2.75, 3.05) is 13.6 Å². The predicted molar refractivity (Wildman–Crippen MR) is 55.4 cm³/mol. The molecular formula is C10H13NO2S. The van der Waals surface area contributed by atoms with E-state index in [4.69, 9.17) is 5.11 Å². The van der Waals surface area contributed by atoms with Gasteiger partial charge in [-0.15, -0.1) is 11.3 Å². The summed E-state index contributed by atoms with van der Waals surface area (Å²) >= 11 is 1.64. The van der Waals surface area contributed by atoms with Crippen LogP contribution in [-0.4, -0.2) is 29.6 Å².